The lowest BCUT2D eigenvalue weighted by molar-refractivity contribution is 0.0148. The number of likely N-dealkylation sites (N-methyl/N-ethyl adjacent to an activating group) is 1. The minimum absolute atomic E-state index is 0.245. The first-order valence-electron chi connectivity index (χ1n) is 10.6. The van der Waals surface area contributed by atoms with E-state index in [2.05, 4.69) is 14.1 Å². The van der Waals surface area contributed by atoms with Crippen LogP contribution >= 0.6 is 0 Å². The molecule has 4 rings (SSSR count). The molecule has 0 fully saturated rings. The molecule has 35 heavy (non-hydrogen) atoms. The Kier molecular flexibility index (Phi) is 6.87. The van der Waals surface area contributed by atoms with Crippen LogP contribution in [0.4, 0.5) is 0 Å². The van der Waals surface area contributed by atoms with Gasteiger partial charge in [-0.3, -0.25) is 4.55 Å². The van der Waals surface area contributed by atoms with Crippen molar-refractivity contribution in [2.24, 2.45) is 0 Å². The van der Waals surface area contributed by atoms with Crippen LogP contribution in [0.5, 0.6) is 23.0 Å². The van der Waals surface area contributed by atoms with Gasteiger partial charge in [-0.25, -0.2) is 4.98 Å². The van der Waals surface area contributed by atoms with Crippen LogP contribution in [0.1, 0.15) is 22.9 Å². The van der Waals surface area contributed by atoms with Crippen molar-refractivity contribution < 1.29 is 36.8 Å². The standard InChI is InChI=1S/C23H25N3O8S/c1-25(2)9-7-17-13-26(14-24-17)22(16-4-5-18(27)19(28)12-16)23-33-20-6-3-15(11-21(20)34-23)8-10-32-35(29,30)31/h3-6,8,10-14,22-23,27-28H,7,9H2,1-2H3,(H,29,30,31)/b10-8+/t22-,23-/m0/s1. The first kappa shape index (κ1) is 24.4. The molecule has 0 saturated carbocycles. The van der Waals surface area contributed by atoms with Crippen LogP contribution in [-0.2, 0) is 21.0 Å². The number of ether oxygens (including phenoxy) is 2. The Balaban J connectivity index is 1.61. The molecule has 186 valence electrons. The summed E-state index contributed by atoms with van der Waals surface area (Å²) >= 11 is 0. The van der Waals surface area contributed by atoms with Gasteiger partial charge in [-0.2, -0.15) is 8.42 Å². The van der Waals surface area contributed by atoms with E-state index in [1.165, 1.54) is 18.2 Å². The zero-order chi connectivity index (χ0) is 25.2. The molecule has 2 heterocycles. The van der Waals surface area contributed by atoms with Gasteiger partial charge in [0.15, 0.2) is 23.0 Å². The zero-order valence-corrected chi connectivity index (χ0v) is 19.8. The van der Waals surface area contributed by atoms with Crippen LogP contribution in [0.25, 0.3) is 6.08 Å². The highest BCUT2D eigenvalue weighted by atomic mass is 32.3. The van der Waals surface area contributed by atoms with Gasteiger partial charge in [0.05, 0.1) is 12.0 Å². The second kappa shape index (κ2) is 9.86. The number of phenolic OH excluding ortho intramolecular Hbond substituents is 2. The normalized spacial score (nSPS) is 16.2. The summed E-state index contributed by atoms with van der Waals surface area (Å²) in [5, 5.41) is 19.9. The summed E-state index contributed by atoms with van der Waals surface area (Å²) in [5.41, 5.74) is 2.04. The molecule has 0 spiro atoms. The number of phenols is 2. The summed E-state index contributed by atoms with van der Waals surface area (Å²) in [6.45, 7) is 0.821. The highest BCUT2D eigenvalue weighted by Crippen LogP contribution is 2.41. The van der Waals surface area contributed by atoms with Crippen LogP contribution in [0.15, 0.2) is 55.2 Å². The summed E-state index contributed by atoms with van der Waals surface area (Å²) in [6, 6.07) is 8.88. The lowest BCUT2D eigenvalue weighted by atomic mass is 10.1. The average molecular weight is 504 g/mol. The van der Waals surface area contributed by atoms with Gasteiger partial charge < -0.3 is 33.3 Å². The second-order valence-electron chi connectivity index (χ2n) is 8.20. The van der Waals surface area contributed by atoms with E-state index in [1.807, 2.05) is 24.9 Å². The Morgan fingerprint density at radius 1 is 1.14 bits per heavy atom. The van der Waals surface area contributed by atoms with Crippen molar-refractivity contribution in [2.75, 3.05) is 20.6 Å². The lowest BCUT2D eigenvalue weighted by Gasteiger charge is -2.24. The third-order valence-electron chi connectivity index (χ3n) is 5.28. The third kappa shape index (κ3) is 6.04. The van der Waals surface area contributed by atoms with Crippen molar-refractivity contribution in [1.82, 2.24) is 14.5 Å². The topological polar surface area (TPSA) is 144 Å². The zero-order valence-electron chi connectivity index (χ0n) is 19.0. The maximum atomic E-state index is 10.7. The summed E-state index contributed by atoms with van der Waals surface area (Å²) < 4.78 is 48.3. The Labute approximate surface area is 202 Å². The summed E-state index contributed by atoms with van der Waals surface area (Å²) in [7, 11) is -0.631. The highest BCUT2D eigenvalue weighted by Gasteiger charge is 2.35. The predicted octanol–water partition coefficient (Wildman–Crippen LogP) is 2.58. The van der Waals surface area contributed by atoms with Crippen molar-refractivity contribution in [3.05, 3.63) is 72.0 Å². The number of rotatable bonds is 9. The fourth-order valence-electron chi connectivity index (χ4n) is 3.59. The number of nitrogens with zero attached hydrogens (tertiary/aromatic N) is 3. The molecule has 11 nitrogen and oxygen atoms in total. The van der Waals surface area contributed by atoms with E-state index < -0.39 is 22.7 Å². The van der Waals surface area contributed by atoms with Crippen molar-refractivity contribution in [3.8, 4) is 23.0 Å². The van der Waals surface area contributed by atoms with Crippen molar-refractivity contribution in [2.45, 2.75) is 18.8 Å². The van der Waals surface area contributed by atoms with Crippen molar-refractivity contribution in [3.63, 3.8) is 0 Å². The quantitative estimate of drug-likeness (QED) is 0.226. The molecular formula is C23H25N3O8S. The molecule has 3 N–H and O–H groups in total. The van der Waals surface area contributed by atoms with Gasteiger partial charge in [0.25, 0.3) is 6.29 Å². The van der Waals surface area contributed by atoms with Gasteiger partial charge in [-0.1, -0.05) is 12.1 Å². The second-order valence-corrected chi connectivity index (χ2v) is 9.24. The first-order valence-corrected chi connectivity index (χ1v) is 11.9. The molecule has 0 bridgehead atoms. The molecule has 2 atom stereocenters. The SMILES string of the molecule is CN(C)CCc1cn([C@@H](c2ccc(O)c(O)c2)[C@H]2Oc3ccc(/C=C/OS(=O)(=O)O)cc3O2)cn1. The lowest BCUT2D eigenvalue weighted by Crippen LogP contribution is -2.31. The van der Waals surface area contributed by atoms with E-state index in [4.69, 9.17) is 14.0 Å². The van der Waals surface area contributed by atoms with Crippen LogP contribution in [0.3, 0.4) is 0 Å². The van der Waals surface area contributed by atoms with E-state index in [1.54, 1.807) is 30.6 Å². The Bertz CT molecular complexity index is 1340. The summed E-state index contributed by atoms with van der Waals surface area (Å²) in [5.74, 6) is 0.348. The molecule has 0 unspecified atom stereocenters. The van der Waals surface area contributed by atoms with Crippen LogP contribution in [0.2, 0.25) is 0 Å². The first-order chi connectivity index (χ1) is 16.6. The number of hydrogen-bond donors (Lipinski definition) is 3. The Morgan fingerprint density at radius 3 is 2.63 bits per heavy atom. The number of hydrogen-bond acceptors (Lipinski definition) is 9. The number of imidazole rings is 1. The maximum absolute atomic E-state index is 10.7. The molecule has 0 amide bonds. The van der Waals surface area contributed by atoms with Gasteiger partial charge in [-0.05, 0) is 55.6 Å². The smallest absolute Gasteiger partial charge is 0.445 e. The van der Waals surface area contributed by atoms with E-state index in [-0.39, 0.29) is 11.5 Å². The van der Waals surface area contributed by atoms with E-state index in [9.17, 15) is 18.6 Å². The van der Waals surface area contributed by atoms with Crippen LogP contribution in [-0.4, -0.2) is 64.6 Å². The molecule has 1 aromatic heterocycles. The van der Waals surface area contributed by atoms with E-state index >= 15 is 0 Å². The molecule has 2 aromatic carbocycles. The van der Waals surface area contributed by atoms with E-state index in [0.29, 0.717) is 22.6 Å². The van der Waals surface area contributed by atoms with Crippen LogP contribution in [0, 0.1) is 0 Å². The van der Waals surface area contributed by atoms with Gasteiger partial charge in [0.2, 0.25) is 0 Å². The van der Waals surface area contributed by atoms with Gasteiger partial charge in [0, 0.05) is 19.2 Å². The molecule has 1 aliphatic rings. The highest BCUT2D eigenvalue weighted by molar-refractivity contribution is 7.81. The predicted molar refractivity (Wildman–Crippen MR) is 126 cm³/mol. The maximum Gasteiger partial charge on any atom is 0.445 e. The number of benzene rings is 2. The third-order valence-corrected chi connectivity index (χ3v) is 5.64. The average Bonchev–Trinajstić information content (AvgIpc) is 3.41. The minimum Gasteiger partial charge on any atom is -0.504 e. The molecular weight excluding hydrogens is 478 g/mol. The van der Waals surface area contributed by atoms with Crippen molar-refractivity contribution in [1.29, 1.82) is 0 Å². The molecule has 0 saturated heterocycles. The fraction of sp³-hybridized carbons (Fsp3) is 0.261. The molecule has 12 heteroatoms. The van der Waals surface area contributed by atoms with Crippen molar-refractivity contribution >= 4 is 16.5 Å². The molecule has 3 aromatic rings. The van der Waals surface area contributed by atoms with Crippen LogP contribution < -0.4 is 9.47 Å². The molecule has 0 aliphatic carbocycles. The monoisotopic (exact) mass is 503 g/mol. The number of fused-ring (bicyclic) bond motifs is 1. The largest absolute Gasteiger partial charge is 0.504 e. The summed E-state index contributed by atoms with van der Waals surface area (Å²) in [6.07, 6.45) is 5.63. The van der Waals surface area contributed by atoms with E-state index in [0.717, 1.165) is 24.9 Å². The number of aromatic hydroxyl groups is 2. The van der Waals surface area contributed by atoms with Gasteiger partial charge >= 0.3 is 10.4 Å². The Hall–Kier alpha value is -3.74. The minimum atomic E-state index is -4.59. The fourth-order valence-corrected chi connectivity index (χ4v) is 3.79. The Morgan fingerprint density at radius 2 is 1.91 bits per heavy atom. The molecule has 1 aliphatic heterocycles. The summed E-state index contributed by atoms with van der Waals surface area (Å²) in [4.78, 5) is 6.54. The van der Waals surface area contributed by atoms with Gasteiger partial charge in [0.1, 0.15) is 12.3 Å². The molecule has 0 radical (unpaired) electrons. The van der Waals surface area contributed by atoms with Gasteiger partial charge in [-0.15, -0.1) is 0 Å². The number of aromatic nitrogens is 2.